The number of rotatable bonds is 7. The van der Waals surface area contributed by atoms with Gasteiger partial charge in [0.05, 0.1) is 29.3 Å². The van der Waals surface area contributed by atoms with E-state index in [2.05, 4.69) is 176 Å². The summed E-state index contributed by atoms with van der Waals surface area (Å²) in [6, 6.07) is 25.3. The molecule has 8 aliphatic carbocycles. The summed E-state index contributed by atoms with van der Waals surface area (Å²) >= 11 is 0. The van der Waals surface area contributed by atoms with Crippen LogP contribution in [0, 0.1) is 5.92 Å². The van der Waals surface area contributed by atoms with Crippen LogP contribution in [-0.2, 0) is 25.7 Å². The molecule has 11 aliphatic rings. The Kier molecular flexibility index (Phi) is 11.0. The molecule has 7 nitrogen and oxygen atoms in total. The summed E-state index contributed by atoms with van der Waals surface area (Å²) in [7, 11) is 0. The Labute approximate surface area is 449 Å². The van der Waals surface area contributed by atoms with Crippen molar-refractivity contribution in [3.63, 3.8) is 0 Å². The predicted octanol–water partition coefficient (Wildman–Crippen LogP) is 15.1. The van der Waals surface area contributed by atoms with Gasteiger partial charge >= 0.3 is 0 Å². The third kappa shape index (κ3) is 7.19. The van der Waals surface area contributed by atoms with Crippen molar-refractivity contribution < 1.29 is 0 Å². The standard InChI is InChI=1S/C69H71N7/c1-4-18-47(19-5-1)73-58-28-14-11-25-52(58)56-42-45(34-39-62(56)73)68-70-67(71-69(72-68)46-35-40-63-57(43-46)53-26-12-15-29-59(53)74(63)48-20-6-2-7-21-48)44-32-36-50(37-33-44)76-60-30-16-10-24-51(60)54-38-41-64-65(66(54)76)55-27-13-17-31-61(55)75(64)49-22-8-3-9-23-49/h1,3-4,6,8-10,13-14,16,20,22-24,27-28,30,32,34,36,38-39,41-44,47-48,50-52,58,60,68H,2,5,7,11-12,15,17-19,21,25-26,29,31,33,35,37,40H2,(H,70,71,72). The van der Waals surface area contributed by atoms with Crippen molar-refractivity contribution in [3.8, 4) is 5.69 Å². The number of hydrogen-bond donors (Lipinski definition) is 1. The number of aliphatic imine (C=N–C) groups is 2. The van der Waals surface area contributed by atoms with E-state index in [1.807, 2.05) is 0 Å². The highest BCUT2D eigenvalue weighted by Gasteiger charge is 2.45. The first-order chi connectivity index (χ1) is 37.7. The summed E-state index contributed by atoms with van der Waals surface area (Å²) in [5.74, 6) is 3.13. The minimum Gasteiger partial charge on any atom is -0.361 e. The highest BCUT2D eigenvalue weighted by atomic mass is 15.2. The molecule has 5 aromatic rings. The number of aromatic nitrogens is 2. The van der Waals surface area contributed by atoms with Gasteiger partial charge < -0.3 is 24.3 Å². The molecular formula is C69H71N7. The number of hydrogen-bond acceptors (Lipinski definition) is 5. The number of nitrogens with zero attached hydrogens (tertiary/aromatic N) is 6. The zero-order valence-electron chi connectivity index (χ0n) is 44.0. The highest BCUT2D eigenvalue weighted by molar-refractivity contribution is 6.13. The molecule has 0 bridgehead atoms. The molecule has 9 atom stereocenters. The van der Waals surface area contributed by atoms with E-state index in [0.717, 1.165) is 63.0 Å². The molecule has 3 aromatic carbocycles. The van der Waals surface area contributed by atoms with Crippen LogP contribution in [-0.4, -0.2) is 45.0 Å². The molecule has 76 heavy (non-hydrogen) atoms. The Morgan fingerprint density at radius 2 is 1.51 bits per heavy atom. The normalized spacial score (nSPS) is 29.5. The fourth-order valence-corrected chi connectivity index (χ4v) is 16.4. The summed E-state index contributed by atoms with van der Waals surface area (Å²) in [5.41, 5.74) is 20.2. The lowest BCUT2D eigenvalue weighted by atomic mass is 9.85. The molecule has 0 amide bonds. The molecule has 0 radical (unpaired) electrons. The number of allylic oxidation sites excluding steroid dienone is 7. The van der Waals surface area contributed by atoms with Gasteiger partial charge in [0, 0.05) is 69.2 Å². The maximum atomic E-state index is 5.73. The van der Waals surface area contributed by atoms with E-state index in [0.29, 0.717) is 30.0 Å². The third-order valence-corrected chi connectivity index (χ3v) is 19.8. The molecule has 2 aromatic heterocycles. The van der Waals surface area contributed by atoms with Gasteiger partial charge in [-0.3, -0.25) is 0 Å². The highest BCUT2D eigenvalue weighted by Crippen LogP contribution is 2.53. The Balaban J connectivity index is 0.779. The second-order valence-electron chi connectivity index (χ2n) is 23.9. The molecule has 0 spiro atoms. The van der Waals surface area contributed by atoms with Gasteiger partial charge in [0.25, 0.3) is 0 Å². The molecule has 382 valence electrons. The lowest BCUT2D eigenvalue weighted by Gasteiger charge is -2.38. The average molecular weight is 998 g/mol. The topological polar surface area (TPSA) is 53.1 Å². The van der Waals surface area contributed by atoms with E-state index in [1.54, 1.807) is 17.0 Å². The number of para-hydroxylation sites is 1. The van der Waals surface area contributed by atoms with Gasteiger partial charge in [0.15, 0.2) is 6.17 Å². The van der Waals surface area contributed by atoms with Crippen LogP contribution in [0.15, 0.2) is 155 Å². The fourth-order valence-electron chi connectivity index (χ4n) is 16.4. The van der Waals surface area contributed by atoms with Crippen molar-refractivity contribution >= 4 is 46.1 Å². The molecular weight excluding hydrogens is 927 g/mol. The van der Waals surface area contributed by atoms with Crippen LogP contribution in [0.2, 0.25) is 0 Å². The van der Waals surface area contributed by atoms with Crippen molar-refractivity contribution in [2.45, 2.75) is 164 Å². The van der Waals surface area contributed by atoms with Crippen LogP contribution < -0.4 is 15.1 Å². The maximum absolute atomic E-state index is 5.73. The van der Waals surface area contributed by atoms with E-state index >= 15 is 0 Å². The van der Waals surface area contributed by atoms with Gasteiger partial charge in [0.1, 0.15) is 11.7 Å². The van der Waals surface area contributed by atoms with E-state index in [-0.39, 0.29) is 24.2 Å². The third-order valence-electron chi connectivity index (χ3n) is 19.8. The summed E-state index contributed by atoms with van der Waals surface area (Å²) < 4.78 is 5.37. The van der Waals surface area contributed by atoms with Crippen LogP contribution in [0.1, 0.15) is 164 Å². The summed E-state index contributed by atoms with van der Waals surface area (Å²) in [4.78, 5) is 17.1. The molecule has 1 N–H and O–H groups in total. The van der Waals surface area contributed by atoms with E-state index in [4.69, 9.17) is 9.98 Å². The summed E-state index contributed by atoms with van der Waals surface area (Å²) in [6.07, 6.45) is 57.3. The monoisotopic (exact) mass is 998 g/mol. The minimum absolute atomic E-state index is 0.165. The average Bonchev–Trinajstić information content (AvgIpc) is 4.28. The molecule has 16 rings (SSSR count). The smallest absolute Gasteiger partial charge is 0.169 e. The molecule has 0 saturated heterocycles. The van der Waals surface area contributed by atoms with Crippen LogP contribution >= 0.6 is 0 Å². The molecule has 7 heteroatoms. The SMILES string of the molecule is C1=CC2c3ccc4c(c5c(n4-c4ccccc4)CCC=C5)c3N(C3C=CC(C4=NC(c5ccc6c(c5)C5CCC=CC5N6C5CC=CCC5)N=C(C5=Cc6c7c(n(C8C=CCCC8)c6CC5)CCCC7)N4)CC3)C2C=C1. The van der Waals surface area contributed by atoms with Gasteiger partial charge in [-0.05, 0) is 185 Å². The van der Waals surface area contributed by atoms with Crippen molar-refractivity contribution in [2.75, 3.05) is 9.80 Å². The van der Waals surface area contributed by atoms with Gasteiger partial charge in [0.2, 0.25) is 0 Å². The number of nitrogens with one attached hydrogen (secondary N) is 1. The predicted molar refractivity (Wildman–Crippen MR) is 314 cm³/mol. The Morgan fingerprint density at radius 3 is 2.41 bits per heavy atom. The zero-order chi connectivity index (χ0) is 49.8. The Morgan fingerprint density at radius 1 is 0.592 bits per heavy atom. The summed E-state index contributed by atoms with van der Waals surface area (Å²) in [5, 5.41) is 5.45. The number of fused-ring (bicyclic) bond motifs is 13. The van der Waals surface area contributed by atoms with Gasteiger partial charge in [-0.25, -0.2) is 9.98 Å². The molecule has 0 saturated carbocycles. The van der Waals surface area contributed by atoms with Crippen molar-refractivity contribution in [1.29, 1.82) is 0 Å². The first-order valence-electron chi connectivity index (χ1n) is 29.7. The second kappa shape index (κ2) is 18.4. The lowest BCUT2D eigenvalue weighted by Crippen LogP contribution is -2.44. The fraction of sp³-hybridized carbons (Fsp3) is 0.391. The van der Waals surface area contributed by atoms with E-state index in [9.17, 15) is 0 Å². The number of benzene rings is 3. The van der Waals surface area contributed by atoms with Crippen molar-refractivity contribution in [2.24, 2.45) is 15.9 Å². The first kappa shape index (κ1) is 45.3. The number of anilines is 2. The molecule has 5 heterocycles. The second-order valence-corrected chi connectivity index (χ2v) is 23.9. The number of amidine groups is 2. The van der Waals surface area contributed by atoms with Crippen molar-refractivity contribution in [1.82, 2.24) is 14.5 Å². The quantitative estimate of drug-likeness (QED) is 0.165. The molecule has 3 aliphatic heterocycles. The zero-order valence-corrected chi connectivity index (χ0v) is 44.0. The van der Waals surface area contributed by atoms with Crippen LogP contribution in [0.3, 0.4) is 0 Å². The van der Waals surface area contributed by atoms with Gasteiger partial charge in [-0.1, -0.05) is 115 Å². The Hall–Kier alpha value is -6.86. The largest absolute Gasteiger partial charge is 0.361 e. The van der Waals surface area contributed by atoms with Gasteiger partial charge in [-0.2, -0.15) is 0 Å². The Bertz CT molecular complexity index is 3500. The van der Waals surface area contributed by atoms with Crippen LogP contribution in [0.4, 0.5) is 11.4 Å². The summed E-state index contributed by atoms with van der Waals surface area (Å²) in [6.45, 7) is 0. The lowest BCUT2D eigenvalue weighted by molar-refractivity contribution is 0.472. The first-order valence-corrected chi connectivity index (χ1v) is 29.7. The molecule has 9 unspecified atom stereocenters. The maximum Gasteiger partial charge on any atom is 0.169 e. The minimum atomic E-state index is -0.299. The van der Waals surface area contributed by atoms with Gasteiger partial charge in [-0.15, -0.1) is 0 Å². The van der Waals surface area contributed by atoms with E-state index < -0.39 is 0 Å². The van der Waals surface area contributed by atoms with Crippen LogP contribution in [0.25, 0.3) is 28.7 Å². The molecule has 0 fully saturated rings. The van der Waals surface area contributed by atoms with Crippen LogP contribution in [0.5, 0.6) is 0 Å². The van der Waals surface area contributed by atoms with Crippen molar-refractivity contribution in [3.05, 3.63) is 196 Å². The van der Waals surface area contributed by atoms with E-state index in [1.165, 1.54) is 131 Å².